The number of hydrogen-bond acceptors (Lipinski definition) is 3. The maximum Gasteiger partial charge on any atom is 0.168 e. The van der Waals surface area contributed by atoms with Crippen LogP contribution in [-0.2, 0) is 7.05 Å². The third-order valence-electron chi connectivity index (χ3n) is 2.10. The molecule has 0 saturated heterocycles. The molecule has 0 aliphatic carbocycles. The molecule has 0 aliphatic rings. The highest BCUT2D eigenvalue weighted by molar-refractivity contribution is 5.99. The summed E-state index contributed by atoms with van der Waals surface area (Å²) >= 11 is 0. The highest BCUT2D eigenvalue weighted by atomic mass is 16.1. The summed E-state index contributed by atoms with van der Waals surface area (Å²) < 4.78 is 1.50. The molecule has 4 nitrogen and oxygen atoms in total. The molecule has 0 spiro atoms. The zero-order valence-electron chi connectivity index (χ0n) is 8.36. The van der Waals surface area contributed by atoms with Crippen molar-refractivity contribution in [3.8, 4) is 0 Å². The first-order valence-corrected chi connectivity index (χ1v) is 4.58. The maximum absolute atomic E-state index is 11.6. The zero-order chi connectivity index (χ0) is 10.6. The van der Waals surface area contributed by atoms with Gasteiger partial charge in [-0.1, -0.05) is 6.08 Å². The largest absolute Gasteiger partial charge is 0.383 e. The number of carbonyl (C=O) groups is 1. The summed E-state index contributed by atoms with van der Waals surface area (Å²) in [6.07, 6.45) is 5.50. The fraction of sp³-hybridized carbons (Fsp3) is 0.400. The summed E-state index contributed by atoms with van der Waals surface area (Å²) in [6.45, 7) is 3.60. The van der Waals surface area contributed by atoms with E-state index in [-0.39, 0.29) is 5.78 Å². The minimum atomic E-state index is 0.0532. The van der Waals surface area contributed by atoms with Gasteiger partial charge in [0, 0.05) is 13.5 Å². The number of allylic oxidation sites excluding steroid dienone is 1. The van der Waals surface area contributed by atoms with Gasteiger partial charge in [0.05, 0.1) is 11.8 Å². The van der Waals surface area contributed by atoms with Gasteiger partial charge in [-0.05, 0) is 12.8 Å². The van der Waals surface area contributed by atoms with E-state index in [2.05, 4.69) is 11.7 Å². The van der Waals surface area contributed by atoms with Crippen LogP contribution in [0.25, 0.3) is 0 Å². The van der Waals surface area contributed by atoms with E-state index in [1.165, 1.54) is 10.9 Å². The van der Waals surface area contributed by atoms with Crippen LogP contribution in [0.4, 0.5) is 5.82 Å². The Morgan fingerprint density at radius 3 is 3.00 bits per heavy atom. The molecule has 0 unspecified atom stereocenters. The van der Waals surface area contributed by atoms with E-state index >= 15 is 0 Å². The maximum atomic E-state index is 11.6. The van der Waals surface area contributed by atoms with E-state index in [0.29, 0.717) is 17.8 Å². The number of rotatable bonds is 5. The van der Waals surface area contributed by atoms with Gasteiger partial charge < -0.3 is 5.73 Å². The van der Waals surface area contributed by atoms with Crippen LogP contribution < -0.4 is 5.73 Å². The lowest BCUT2D eigenvalue weighted by atomic mass is 10.1. The SMILES string of the molecule is C=CCCCC(=O)c1cnn(C)c1N. The molecule has 0 aromatic carbocycles. The highest BCUT2D eigenvalue weighted by Crippen LogP contribution is 2.13. The number of hydrogen-bond donors (Lipinski definition) is 1. The Balaban J connectivity index is 2.61. The van der Waals surface area contributed by atoms with Crippen LogP contribution in [0.5, 0.6) is 0 Å². The number of unbranched alkanes of at least 4 members (excludes halogenated alkanes) is 1. The van der Waals surface area contributed by atoms with Crippen LogP contribution >= 0.6 is 0 Å². The minimum absolute atomic E-state index is 0.0532. The van der Waals surface area contributed by atoms with Crippen molar-refractivity contribution in [3.05, 3.63) is 24.4 Å². The molecule has 1 rings (SSSR count). The van der Waals surface area contributed by atoms with Gasteiger partial charge in [-0.15, -0.1) is 6.58 Å². The van der Waals surface area contributed by atoms with E-state index in [1.54, 1.807) is 13.1 Å². The molecule has 14 heavy (non-hydrogen) atoms. The van der Waals surface area contributed by atoms with Gasteiger partial charge in [-0.3, -0.25) is 9.48 Å². The molecule has 1 aromatic rings. The first kappa shape index (κ1) is 10.5. The van der Waals surface area contributed by atoms with Crippen LogP contribution in [0.15, 0.2) is 18.9 Å². The van der Waals surface area contributed by atoms with Gasteiger partial charge in [-0.25, -0.2) is 0 Å². The lowest BCUT2D eigenvalue weighted by Gasteiger charge is -1.98. The number of nitrogen functional groups attached to an aromatic ring is 1. The number of carbonyl (C=O) groups excluding carboxylic acids is 1. The number of ketones is 1. The number of Topliss-reactive ketones (excluding diaryl/α,β-unsaturated/α-hetero) is 1. The predicted molar refractivity (Wildman–Crippen MR) is 56.0 cm³/mol. The van der Waals surface area contributed by atoms with E-state index in [9.17, 15) is 4.79 Å². The summed E-state index contributed by atoms with van der Waals surface area (Å²) in [4.78, 5) is 11.6. The summed E-state index contributed by atoms with van der Waals surface area (Å²) in [5.74, 6) is 0.492. The molecular weight excluding hydrogens is 178 g/mol. The number of aromatic nitrogens is 2. The standard InChI is InChI=1S/C10H15N3O/c1-3-4-5-6-9(14)8-7-12-13(2)10(8)11/h3,7H,1,4-6,11H2,2H3. The van der Waals surface area contributed by atoms with E-state index in [1.807, 2.05) is 0 Å². The predicted octanol–water partition coefficient (Wildman–Crippen LogP) is 1.54. The summed E-state index contributed by atoms with van der Waals surface area (Å²) in [5.41, 5.74) is 6.19. The molecule has 1 heterocycles. The normalized spacial score (nSPS) is 10.1. The van der Waals surface area contributed by atoms with E-state index in [0.717, 1.165) is 12.8 Å². The van der Waals surface area contributed by atoms with Crippen molar-refractivity contribution in [1.82, 2.24) is 9.78 Å². The van der Waals surface area contributed by atoms with Gasteiger partial charge in [0.2, 0.25) is 0 Å². The first-order valence-electron chi connectivity index (χ1n) is 4.58. The summed E-state index contributed by atoms with van der Waals surface area (Å²) in [7, 11) is 1.72. The number of aryl methyl sites for hydroxylation is 1. The van der Waals surface area contributed by atoms with Gasteiger partial charge >= 0.3 is 0 Å². The van der Waals surface area contributed by atoms with Crippen molar-refractivity contribution in [2.45, 2.75) is 19.3 Å². The Labute approximate surface area is 83.4 Å². The Morgan fingerprint density at radius 1 is 1.79 bits per heavy atom. The smallest absolute Gasteiger partial charge is 0.168 e. The fourth-order valence-corrected chi connectivity index (χ4v) is 1.20. The second-order valence-corrected chi connectivity index (χ2v) is 3.17. The van der Waals surface area contributed by atoms with Gasteiger partial charge in [-0.2, -0.15) is 5.10 Å². The van der Waals surface area contributed by atoms with Crippen molar-refractivity contribution < 1.29 is 4.79 Å². The van der Waals surface area contributed by atoms with Crippen molar-refractivity contribution in [2.75, 3.05) is 5.73 Å². The Morgan fingerprint density at radius 2 is 2.50 bits per heavy atom. The molecule has 76 valence electrons. The van der Waals surface area contributed by atoms with Gasteiger partial charge in [0.15, 0.2) is 5.78 Å². The molecule has 2 N–H and O–H groups in total. The van der Waals surface area contributed by atoms with Crippen molar-refractivity contribution in [1.29, 1.82) is 0 Å². The Hall–Kier alpha value is -1.58. The fourth-order valence-electron chi connectivity index (χ4n) is 1.20. The van der Waals surface area contributed by atoms with E-state index in [4.69, 9.17) is 5.73 Å². The van der Waals surface area contributed by atoms with Crippen LogP contribution in [0.2, 0.25) is 0 Å². The van der Waals surface area contributed by atoms with Crippen LogP contribution in [-0.4, -0.2) is 15.6 Å². The second-order valence-electron chi connectivity index (χ2n) is 3.17. The lowest BCUT2D eigenvalue weighted by molar-refractivity contribution is 0.0981. The molecule has 0 aliphatic heterocycles. The van der Waals surface area contributed by atoms with Crippen LogP contribution in [0.3, 0.4) is 0 Å². The molecule has 0 amide bonds. The minimum Gasteiger partial charge on any atom is -0.383 e. The third-order valence-corrected chi connectivity index (χ3v) is 2.10. The van der Waals surface area contributed by atoms with Crippen molar-refractivity contribution in [2.24, 2.45) is 7.05 Å². The highest BCUT2D eigenvalue weighted by Gasteiger charge is 2.12. The van der Waals surface area contributed by atoms with E-state index < -0.39 is 0 Å². The number of nitrogens with two attached hydrogens (primary N) is 1. The van der Waals surface area contributed by atoms with Crippen molar-refractivity contribution in [3.63, 3.8) is 0 Å². The summed E-state index contributed by atoms with van der Waals surface area (Å²) in [5, 5.41) is 3.92. The average molecular weight is 193 g/mol. The number of anilines is 1. The van der Waals surface area contributed by atoms with Crippen LogP contribution in [0, 0.1) is 0 Å². The molecular formula is C10H15N3O. The summed E-state index contributed by atoms with van der Waals surface area (Å²) in [6, 6.07) is 0. The average Bonchev–Trinajstić information content (AvgIpc) is 2.48. The van der Waals surface area contributed by atoms with Gasteiger partial charge in [0.1, 0.15) is 5.82 Å². The molecule has 0 radical (unpaired) electrons. The Kier molecular flexibility index (Phi) is 3.45. The van der Waals surface area contributed by atoms with Gasteiger partial charge in [0.25, 0.3) is 0 Å². The van der Waals surface area contributed by atoms with Crippen molar-refractivity contribution >= 4 is 11.6 Å². The monoisotopic (exact) mass is 193 g/mol. The molecule has 0 fully saturated rings. The topological polar surface area (TPSA) is 60.9 Å². The molecule has 0 saturated carbocycles. The zero-order valence-corrected chi connectivity index (χ0v) is 8.36. The molecule has 1 aromatic heterocycles. The van der Waals surface area contributed by atoms with Crippen LogP contribution in [0.1, 0.15) is 29.6 Å². The number of nitrogens with zero attached hydrogens (tertiary/aromatic N) is 2. The molecule has 4 heteroatoms. The quantitative estimate of drug-likeness (QED) is 0.438. The molecule has 0 bridgehead atoms. The lowest BCUT2D eigenvalue weighted by Crippen LogP contribution is -2.04. The second kappa shape index (κ2) is 4.60. The molecule has 0 atom stereocenters. The Bertz CT molecular complexity index is 341. The first-order chi connectivity index (χ1) is 6.66. The third kappa shape index (κ3) is 2.22.